The van der Waals surface area contributed by atoms with Gasteiger partial charge in [-0.15, -0.1) is 0 Å². The molecule has 0 bridgehead atoms. The Balaban J connectivity index is 1.93. The highest BCUT2D eigenvalue weighted by molar-refractivity contribution is 7.99. The van der Waals surface area contributed by atoms with Gasteiger partial charge in [0.2, 0.25) is 5.95 Å². The van der Waals surface area contributed by atoms with Gasteiger partial charge in [0.25, 0.3) is 0 Å². The lowest BCUT2D eigenvalue weighted by molar-refractivity contribution is 0.586. The predicted octanol–water partition coefficient (Wildman–Crippen LogP) is 1.92. The first-order valence-corrected chi connectivity index (χ1v) is 7.78. The maximum absolute atomic E-state index is 4.49. The van der Waals surface area contributed by atoms with Crippen LogP contribution in [-0.2, 0) is 6.54 Å². The van der Waals surface area contributed by atoms with E-state index in [-0.39, 0.29) is 0 Å². The van der Waals surface area contributed by atoms with E-state index in [0.29, 0.717) is 6.04 Å². The Morgan fingerprint density at radius 2 is 2.06 bits per heavy atom. The summed E-state index contributed by atoms with van der Waals surface area (Å²) < 4.78 is 0. The fraction of sp³-hybridized carbons (Fsp3) is 0.692. The number of rotatable bonds is 4. The van der Waals surface area contributed by atoms with Gasteiger partial charge in [0, 0.05) is 49.4 Å². The summed E-state index contributed by atoms with van der Waals surface area (Å²) >= 11 is 2.02. The highest BCUT2D eigenvalue weighted by Crippen LogP contribution is 2.14. The van der Waals surface area contributed by atoms with Crippen molar-refractivity contribution < 1.29 is 0 Å². The molecule has 1 saturated heterocycles. The molecule has 0 saturated carbocycles. The van der Waals surface area contributed by atoms with Crippen molar-refractivity contribution in [1.82, 2.24) is 15.3 Å². The zero-order valence-electron chi connectivity index (χ0n) is 11.2. The molecule has 1 aliphatic rings. The van der Waals surface area contributed by atoms with Crippen molar-refractivity contribution >= 4 is 17.7 Å². The van der Waals surface area contributed by atoms with Crippen LogP contribution in [0.15, 0.2) is 12.4 Å². The molecular formula is C13H22N4S. The standard InChI is InChI=1S/C13H22N4S/c1-11(2)14-8-12-9-15-13(16-10-12)17-4-3-6-18-7-5-17/h9-11,14H,3-8H2,1-2H3. The van der Waals surface area contributed by atoms with Gasteiger partial charge < -0.3 is 10.2 Å². The summed E-state index contributed by atoms with van der Waals surface area (Å²) in [4.78, 5) is 11.3. The first kappa shape index (κ1) is 13.6. The molecule has 1 aromatic rings. The Morgan fingerprint density at radius 3 is 2.78 bits per heavy atom. The van der Waals surface area contributed by atoms with E-state index < -0.39 is 0 Å². The minimum atomic E-state index is 0.493. The minimum Gasteiger partial charge on any atom is -0.340 e. The van der Waals surface area contributed by atoms with Crippen LogP contribution in [-0.4, -0.2) is 40.6 Å². The van der Waals surface area contributed by atoms with Gasteiger partial charge in [-0.2, -0.15) is 11.8 Å². The fourth-order valence-corrected chi connectivity index (χ4v) is 2.76. The van der Waals surface area contributed by atoms with Crippen LogP contribution in [0.4, 0.5) is 5.95 Å². The molecule has 18 heavy (non-hydrogen) atoms. The second kappa shape index (κ2) is 6.95. The Morgan fingerprint density at radius 1 is 1.28 bits per heavy atom. The summed E-state index contributed by atoms with van der Waals surface area (Å²) in [5, 5.41) is 3.37. The lowest BCUT2D eigenvalue weighted by atomic mass is 10.3. The smallest absolute Gasteiger partial charge is 0.225 e. The largest absolute Gasteiger partial charge is 0.340 e. The van der Waals surface area contributed by atoms with Crippen molar-refractivity contribution in [2.24, 2.45) is 0 Å². The Kier molecular flexibility index (Phi) is 5.26. The molecule has 0 spiro atoms. The van der Waals surface area contributed by atoms with Crippen molar-refractivity contribution in [2.75, 3.05) is 29.5 Å². The van der Waals surface area contributed by atoms with Gasteiger partial charge in [-0.1, -0.05) is 13.8 Å². The molecule has 2 heterocycles. The summed E-state index contributed by atoms with van der Waals surface area (Å²) in [6, 6.07) is 0.493. The number of nitrogens with zero attached hydrogens (tertiary/aromatic N) is 3. The zero-order chi connectivity index (χ0) is 12.8. The second-order valence-corrected chi connectivity index (χ2v) is 6.10. The van der Waals surface area contributed by atoms with E-state index >= 15 is 0 Å². The van der Waals surface area contributed by atoms with Gasteiger partial charge in [0.15, 0.2) is 0 Å². The van der Waals surface area contributed by atoms with Gasteiger partial charge >= 0.3 is 0 Å². The highest BCUT2D eigenvalue weighted by atomic mass is 32.2. The SMILES string of the molecule is CC(C)NCc1cnc(N2CCCSCC2)nc1. The van der Waals surface area contributed by atoms with Crippen LogP contribution in [0.5, 0.6) is 0 Å². The molecule has 2 rings (SSSR count). The number of hydrogen-bond donors (Lipinski definition) is 1. The third-order valence-electron chi connectivity index (χ3n) is 2.91. The average molecular weight is 266 g/mol. The highest BCUT2D eigenvalue weighted by Gasteiger charge is 2.12. The van der Waals surface area contributed by atoms with Crippen LogP contribution in [0.25, 0.3) is 0 Å². The van der Waals surface area contributed by atoms with Crippen molar-refractivity contribution in [3.05, 3.63) is 18.0 Å². The molecule has 0 amide bonds. The average Bonchev–Trinajstić information content (AvgIpc) is 2.66. The molecule has 0 radical (unpaired) electrons. The number of aromatic nitrogens is 2. The third-order valence-corrected chi connectivity index (χ3v) is 3.96. The molecule has 4 nitrogen and oxygen atoms in total. The normalized spacial score (nSPS) is 16.9. The monoisotopic (exact) mass is 266 g/mol. The molecule has 0 aromatic carbocycles. The molecular weight excluding hydrogens is 244 g/mol. The topological polar surface area (TPSA) is 41.1 Å². The van der Waals surface area contributed by atoms with Crippen LogP contribution >= 0.6 is 11.8 Å². The van der Waals surface area contributed by atoms with E-state index in [2.05, 4.69) is 34.0 Å². The molecule has 0 aliphatic carbocycles. The van der Waals surface area contributed by atoms with Crippen molar-refractivity contribution in [1.29, 1.82) is 0 Å². The summed E-state index contributed by atoms with van der Waals surface area (Å²) in [6.07, 6.45) is 5.11. The second-order valence-electron chi connectivity index (χ2n) is 4.88. The summed E-state index contributed by atoms with van der Waals surface area (Å²) in [5.74, 6) is 3.32. The van der Waals surface area contributed by atoms with Crippen LogP contribution < -0.4 is 10.2 Å². The van der Waals surface area contributed by atoms with E-state index in [4.69, 9.17) is 0 Å². The van der Waals surface area contributed by atoms with Gasteiger partial charge in [-0.3, -0.25) is 0 Å². The summed E-state index contributed by atoms with van der Waals surface area (Å²) in [6.45, 7) is 7.27. The maximum atomic E-state index is 4.49. The van der Waals surface area contributed by atoms with E-state index in [1.165, 1.54) is 17.9 Å². The number of thioether (sulfide) groups is 1. The fourth-order valence-electron chi connectivity index (χ4n) is 1.87. The Bertz CT molecular complexity index is 345. The first-order chi connectivity index (χ1) is 8.75. The van der Waals surface area contributed by atoms with E-state index in [9.17, 15) is 0 Å². The third kappa shape index (κ3) is 4.14. The van der Waals surface area contributed by atoms with Crippen LogP contribution in [0, 0.1) is 0 Å². The maximum Gasteiger partial charge on any atom is 0.225 e. The molecule has 1 fully saturated rings. The minimum absolute atomic E-state index is 0.493. The molecule has 5 heteroatoms. The van der Waals surface area contributed by atoms with Gasteiger partial charge in [0.1, 0.15) is 0 Å². The number of hydrogen-bond acceptors (Lipinski definition) is 5. The van der Waals surface area contributed by atoms with E-state index in [1.54, 1.807) is 0 Å². The summed E-state index contributed by atoms with van der Waals surface area (Å²) in [7, 11) is 0. The molecule has 0 unspecified atom stereocenters. The zero-order valence-corrected chi connectivity index (χ0v) is 12.0. The molecule has 0 atom stereocenters. The van der Waals surface area contributed by atoms with Gasteiger partial charge in [-0.25, -0.2) is 9.97 Å². The Hall–Kier alpha value is -0.810. The number of anilines is 1. The van der Waals surface area contributed by atoms with Crippen LogP contribution in [0.3, 0.4) is 0 Å². The quantitative estimate of drug-likeness (QED) is 0.901. The van der Waals surface area contributed by atoms with Crippen molar-refractivity contribution in [2.45, 2.75) is 32.9 Å². The summed E-state index contributed by atoms with van der Waals surface area (Å²) in [5.41, 5.74) is 1.15. The first-order valence-electron chi connectivity index (χ1n) is 6.62. The van der Waals surface area contributed by atoms with Gasteiger partial charge in [0.05, 0.1) is 0 Å². The molecule has 100 valence electrons. The Labute approximate surface area is 114 Å². The van der Waals surface area contributed by atoms with Gasteiger partial charge in [-0.05, 0) is 12.2 Å². The van der Waals surface area contributed by atoms with Crippen LogP contribution in [0.2, 0.25) is 0 Å². The predicted molar refractivity (Wildman–Crippen MR) is 78.2 cm³/mol. The molecule has 1 aromatic heterocycles. The molecule has 1 aliphatic heterocycles. The van der Waals surface area contributed by atoms with Crippen LogP contribution in [0.1, 0.15) is 25.8 Å². The lowest BCUT2D eigenvalue weighted by Crippen LogP contribution is -2.27. The van der Waals surface area contributed by atoms with Crippen molar-refractivity contribution in [3.63, 3.8) is 0 Å². The van der Waals surface area contributed by atoms with Crippen molar-refractivity contribution in [3.8, 4) is 0 Å². The molecule has 1 N–H and O–H groups in total. The van der Waals surface area contributed by atoms with E-state index in [0.717, 1.165) is 31.1 Å². The number of nitrogens with one attached hydrogen (secondary N) is 1. The van der Waals surface area contributed by atoms with E-state index in [1.807, 2.05) is 24.2 Å². The lowest BCUT2D eigenvalue weighted by Gasteiger charge is -2.19.